The molecule has 1 saturated heterocycles. The summed E-state index contributed by atoms with van der Waals surface area (Å²) in [6.07, 6.45) is 0.993. The molecule has 3 rings (SSSR count). The molecule has 0 radical (unpaired) electrons. The Morgan fingerprint density at radius 2 is 1.96 bits per heavy atom. The molecule has 0 bridgehead atoms. The predicted octanol–water partition coefficient (Wildman–Crippen LogP) is 3.56. The van der Waals surface area contributed by atoms with Gasteiger partial charge < -0.3 is 10.2 Å². The lowest BCUT2D eigenvalue weighted by molar-refractivity contribution is -0.120. The van der Waals surface area contributed by atoms with Gasteiger partial charge in [0.1, 0.15) is 0 Å². The molecule has 28 heavy (non-hydrogen) atoms. The minimum Gasteiger partial charge on any atom is -0.371 e. The van der Waals surface area contributed by atoms with Crippen molar-refractivity contribution >= 4 is 37.4 Å². The van der Waals surface area contributed by atoms with Crippen LogP contribution in [0.3, 0.4) is 0 Å². The van der Waals surface area contributed by atoms with Crippen molar-refractivity contribution in [3.05, 3.63) is 58.6 Å². The van der Waals surface area contributed by atoms with E-state index in [1.807, 2.05) is 19.1 Å². The van der Waals surface area contributed by atoms with Gasteiger partial charge in [-0.15, -0.1) is 0 Å². The zero-order chi connectivity index (χ0) is 20.1. The lowest BCUT2D eigenvalue weighted by Gasteiger charge is -2.19. The molecule has 1 N–H and O–H groups in total. The van der Waals surface area contributed by atoms with Crippen LogP contribution in [0.1, 0.15) is 18.4 Å². The lowest BCUT2D eigenvalue weighted by atomic mass is 10.1. The second kappa shape index (κ2) is 9.09. The number of nitrogens with one attached hydrogen (secondary N) is 1. The zero-order valence-electron chi connectivity index (χ0n) is 15.9. The number of amides is 1. The van der Waals surface area contributed by atoms with Gasteiger partial charge in [-0.25, -0.2) is 8.42 Å². The first-order valence-electron chi connectivity index (χ1n) is 9.40. The largest absolute Gasteiger partial charge is 0.371 e. The quantitative estimate of drug-likeness (QED) is 0.679. The number of carbonyl (C=O) groups excluding carboxylic acids is 1. The minimum atomic E-state index is -3.43. The third-order valence-electron chi connectivity index (χ3n) is 5.03. The minimum absolute atomic E-state index is 0.0156. The van der Waals surface area contributed by atoms with Crippen molar-refractivity contribution in [2.75, 3.05) is 30.3 Å². The number of anilines is 1. The van der Waals surface area contributed by atoms with Gasteiger partial charge >= 0.3 is 0 Å². The standard InChI is InChI=1S/C21H25BrN2O3S/c1-16-5-7-20(8-6-16)28(26,27)12-10-21(25)23-14-17-9-11-24(15-17)19-4-2-3-18(22)13-19/h2-8,13,17H,9-12,14-15H2,1H3,(H,23,25). The van der Waals surface area contributed by atoms with Crippen LogP contribution in [0.25, 0.3) is 0 Å². The first kappa shape index (κ1) is 20.9. The summed E-state index contributed by atoms with van der Waals surface area (Å²) in [5.74, 6) is -0.00951. The highest BCUT2D eigenvalue weighted by Crippen LogP contribution is 2.26. The Kier molecular flexibility index (Phi) is 6.78. The third kappa shape index (κ3) is 5.58. The van der Waals surface area contributed by atoms with Gasteiger partial charge in [-0.2, -0.15) is 0 Å². The van der Waals surface area contributed by atoms with Crippen LogP contribution < -0.4 is 10.2 Å². The molecule has 2 aromatic carbocycles. The highest BCUT2D eigenvalue weighted by atomic mass is 79.9. The molecule has 1 amide bonds. The van der Waals surface area contributed by atoms with Crippen LogP contribution in [0.4, 0.5) is 5.69 Å². The van der Waals surface area contributed by atoms with E-state index in [0.29, 0.717) is 12.5 Å². The number of hydrogen-bond acceptors (Lipinski definition) is 4. The van der Waals surface area contributed by atoms with Crippen LogP contribution in [0.5, 0.6) is 0 Å². The maximum atomic E-state index is 12.3. The molecule has 150 valence electrons. The number of halogens is 1. The van der Waals surface area contributed by atoms with Crippen LogP contribution in [-0.4, -0.2) is 39.7 Å². The average molecular weight is 465 g/mol. The molecular weight excluding hydrogens is 440 g/mol. The second-order valence-corrected chi connectivity index (χ2v) is 10.3. The Labute approximate surface area is 175 Å². The van der Waals surface area contributed by atoms with Crippen molar-refractivity contribution < 1.29 is 13.2 Å². The van der Waals surface area contributed by atoms with E-state index in [-0.39, 0.29) is 23.0 Å². The van der Waals surface area contributed by atoms with E-state index in [0.717, 1.165) is 29.5 Å². The fourth-order valence-corrected chi connectivity index (χ4v) is 4.97. The topological polar surface area (TPSA) is 66.5 Å². The van der Waals surface area contributed by atoms with Crippen molar-refractivity contribution in [2.24, 2.45) is 5.92 Å². The van der Waals surface area contributed by atoms with E-state index in [1.54, 1.807) is 24.3 Å². The van der Waals surface area contributed by atoms with Crippen molar-refractivity contribution in [3.8, 4) is 0 Å². The number of benzene rings is 2. The molecule has 1 aliphatic rings. The molecule has 1 atom stereocenters. The van der Waals surface area contributed by atoms with Gasteiger partial charge in [-0.3, -0.25) is 4.79 Å². The van der Waals surface area contributed by atoms with Crippen molar-refractivity contribution in [1.29, 1.82) is 0 Å². The Bertz CT molecular complexity index is 929. The molecule has 2 aromatic rings. The summed E-state index contributed by atoms with van der Waals surface area (Å²) >= 11 is 3.49. The summed E-state index contributed by atoms with van der Waals surface area (Å²) < 4.78 is 25.7. The number of aryl methyl sites for hydroxylation is 1. The third-order valence-corrected chi connectivity index (χ3v) is 7.25. The number of hydrogen-bond donors (Lipinski definition) is 1. The van der Waals surface area contributed by atoms with Gasteiger partial charge in [0.15, 0.2) is 9.84 Å². The predicted molar refractivity (Wildman–Crippen MR) is 115 cm³/mol. The van der Waals surface area contributed by atoms with Crippen LogP contribution in [0, 0.1) is 12.8 Å². The molecule has 1 heterocycles. The van der Waals surface area contributed by atoms with Gasteiger partial charge in [-0.05, 0) is 49.6 Å². The molecule has 0 aromatic heterocycles. The molecule has 1 unspecified atom stereocenters. The van der Waals surface area contributed by atoms with Gasteiger partial charge in [-0.1, -0.05) is 39.7 Å². The number of nitrogens with zero attached hydrogens (tertiary/aromatic N) is 1. The summed E-state index contributed by atoms with van der Waals surface area (Å²) in [7, 11) is -3.43. The van der Waals surface area contributed by atoms with Crippen molar-refractivity contribution in [2.45, 2.75) is 24.7 Å². The summed E-state index contributed by atoms with van der Waals surface area (Å²) in [6.45, 7) is 4.33. The summed E-state index contributed by atoms with van der Waals surface area (Å²) in [5.41, 5.74) is 2.18. The second-order valence-electron chi connectivity index (χ2n) is 7.27. The van der Waals surface area contributed by atoms with E-state index < -0.39 is 9.84 Å². The van der Waals surface area contributed by atoms with Crippen LogP contribution in [0.2, 0.25) is 0 Å². The first-order valence-corrected chi connectivity index (χ1v) is 11.8. The molecule has 5 nitrogen and oxygen atoms in total. The number of rotatable bonds is 7. The van der Waals surface area contributed by atoms with Gasteiger partial charge in [0.2, 0.25) is 5.91 Å². The monoisotopic (exact) mass is 464 g/mol. The average Bonchev–Trinajstić information content (AvgIpc) is 3.14. The highest BCUT2D eigenvalue weighted by Gasteiger charge is 2.23. The van der Waals surface area contributed by atoms with Gasteiger partial charge in [0.25, 0.3) is 0 Å². The molecule has 0 spiro atoms. The molecule has 1 fully saturated rings. The molecule has 7 heteroatoms. The number of carbonyl (C=O) groups is 1. The summed E-state index contributed by atoms with van der Waals surface area (Å²) in [6, 6.07) is 14.9. The van der Waals surface area contributed by atoms with E-state index in [2.05, 4.69) is 38.3 Å². The Hall–Kier alpha value is -1.86. The Morgan fingerprint density at radius 3 is 2.68 bits per heavy atom. The van der Waals surface area contributed by atoms with E-state index in [1.165, 1.54) is 5.69 Å². The Morgan fingerprint density at radius 1 is 1.21 bits per heavy atom. The van der Waals surface area contributed by atoms with E-state index in [4.69, 9.17) is 0 Å². The smallest absolute Gasteiger partial charge is 0.221 e. The van der Waals surface area contributed by atoms with Gasteiger partial charge in [0.05, 0.1) is 10.6 Å². The molecule has 0 aliphatic carbocycles. The zero-order valence-corrected chi connectivity index (χ0v) is 18.3. The normalized spacial score (nSPS) is 16.9. The maximum Gasteiger partial charge on any atom is 0.221 e. The molecule has 1 aliphatic heterocycles. The highest BCUT2D eigenvalue weighted by molar-refractivity contribution is 9.10. The Balaban J connectivity index is 1.44. The summed E-state index contributed by atoms with van der Waals surface area (Å²) in [5, 5.41) is 2.90. The lowest BCUT2D eigenvalue weighted by Crippen LogP contribution is -2.32. The maximum absolute atomic E-state index is 12.3. The van der Waals surface area contributed by atoms with Crippen LogP contribution in [0.15, 0.2) is 57.9 Å². The van der Waals surface area contributed by atoms with Gasteiger partial charge in [0, 0.05) is 36.2 Å². The van der Waals surface area contributed by atoms with E-state index >= 15 is 0 Å². The first-order chi connectivity index (χ1) is 13.3. The molecular formula is C21H25BrN2O3S. The fraction of sp³-hybridized carbons (Fsp3) is 0.381. The SMILES string of the molecule is Cc1ccc(S(=O)(=O)CCC(=O)NCC2CCN(c3cccc(Br)c3)C2)cc1. The van der Waals surface area contributed by atoms with E-state index in [9.17, 15) is 13.2 Å². The van der Waals surface area contributed by atoms with Crippen LogP contribution in [-0.2, 0) is 14.6 Å². The van der Waals surface area contributed by atoms with Crippen molar-refractivity contribution in [3.63, 3.8) is 0 Å². The number of sulfone groups is 1. The molecule has 0 saturated carbocycles. The fourth-order valence-electron chi connectivity index (χ4n) is 3.34. The van der Waals surface area contributed by atoms with Crippen molar-refractivity contribution in [1.82, 2.24) is 5.32 Å². The summed E-state index contributed by atoms with van der Waals surface area (Å²) in [4.78, 5) is 14.7. The van der Waals surface area contributed by atoms with Crippen LogP contribution >= 0.6 is 15.9 Å².